The van der Waals surface area contributed by atoms with Gasteiger partial charge in [0.15, 0.2) is 0 Å². The minimum atomic E-state index is 0.426. The normalized spacial score (nSPS) is 8.47. The lowest BCUT2D eigenvalue weighted by Gasteiger charge is -1.56. The van der Waals surface area contributed by atoms with Gasteiger partial charge in [0.2, 0.25) is 0 Å². The molecular formula is C9H9N3O2S3. The number of hydrogen-bond acceptors (Lipinski definition) is 6. The van der Waals surface area contributed by atoms with Gasteiger partial charge in [-0.2, -0.15) is 0 Å². The maximum absolute atomic E-state index is 4.60. The van der Waals surface area contributed by atoms with Crippen molar-refractivity contribution in [1.29, 1.82) is 0 Å². The molecule has 3 aromatic rings. The lowest BCUT2D eigenvalue weighted by atomic mass is 10.8. The molecule has 0 saturated heterocycles. The fourth-order valence-corrected chi connectivity index (χ4v) is 1.21. The monoisotopic (exact) mass is 287 g/mol. The minimum Gasteiger partial charge on any atom is -0.438 e. The summed E-state index contributed by atoms with van der Waals surface area (Å²) in [6, 6.07) is 3.58. The molecule has 8 heteroatoms. The number of oxazole rings is 1. The number of hydrogen-bond donors (Lipinski definition) is 2. The van der Waals surface area contributed by atoms with Gasteiger partial charge < -0.3 is 13.9 Å². The Kier molecular flexibility index (Phi) is 6.87. The number of rotatable bonds is 0. The SMILES string of the molecule is S=c1[nH]cco1.S=c1cco[nH]1.c1cnsc1. The Morgan fingerprint density at radius 3 is 2.35 bits per heavy atom. The van der Waals surface area contributed by atoms with Gasteiger partial charge in [0, 0.05) is 23.8 Å². The van der Waals surface area contributed by atoms with Gasteiger partial charge in [-0.05, 0) is 29.8 Å². The van der Waals surface area contributed by atoms with Crippen LogP contribution in [0.3, 0.4) is 0 Å². The molecule has 17 heavy (non-hydrogen) atoms. The molecule has 0 saturated carbocycles. The van der Waals surface area contributed by atoms with E-state index in [0.717, 1.165) is 0 Å². The predicted molar refractivity (Wildman–Crippen MR) is 69.9 cm³/mol. The van der Waals surface area contributed by atoms with Crippen LogP contribution in [0.25, 0.3) is 0 Å². The van der Waals surface area contributed by atoms with E-state index in [0.29, 0.717) is 9.48 Å². The van der Waals surface area contributed by atoms with Gasteiger partial charge in [-0.15, -0.1) is 0 Å². The maximum atomic E-state index is 4.60. The Morgan fingerprint density at radius 1 is 1.29 bits per heavy atom. The molecule has 0 spiro atoms. The molecule has 0 atom stereocenters. The van der Waals surface area contributed by atoms with Crippen LogP contribution in [0.1, 0.15) is 0 Å². The zero-order chi connectivity index (χ0) is 12.3. The van der Waals surface area contributed by atoms with E-state index in [1.54, 1.807) is 18.5 Å². The van der Waals surface area contributed by atoms with Crippen LogP contribution in [0, 0.1) is 9.48 Å². The van der Waals surface area contributed by atoms with Crippen molar-refractivity contribution in [2.24, 2.45) is 0 Å². The predicted octanol–water partition coefficient (Wildman–Crippen LogP) is 3.82. The zero-order valence-corrected chi connectivity index (χ0v) is 11.0. The summed E-state index contributed by atoms with van der Waals surface area (Å²) in [4.78, 5) is 3.07. The van der Waals surface area contributed by atoms with Gasteiger partial charge in [0.05, 0.1) is 0 Å². The van der Waals surface area contributed by atoms with Gasteiger partial charge in [-0.25, -0.2) is 9.53 Å². The lowest BCUT2D eigenvalue weighted by molar-refractivity contribution is 0.417. The smallest absolute Gasteiger partial charge is 0.265 e. The third-order valence-electron chi connectivity index (χ3n) is 1.24. The fraction of sp³-hybridized carbons (Fsp3) is 0. The van der Waals surface area contributed by atoms with Crippen molar-refractivity contribution in [2.75, 3.05) is 0 Å². The number of aromatic amines is 2. The van der Waals surface area contributed by atoms with Crippen molar-refractivity contribution in [3.63, 3.8) is 0 Å². The summed E-state index contributed by atoms with van der Waals surface area (Å²) in [5.74, 6) is 0. The molecule has 0 aliphatic heterocycles. The van der Waals surface area contributed by atoms with E-state index in [1.807, 2.05) is 11.4 Å². The molecule has 3 aromatic heterocycles. The van der Waals surface area contributed by atoms with Gasteiger partial charge in [-0.3, -0.25) is 0 Å². The molecule has 0 aromatic carbocycles. The van der Waals surface area contributed by atoms with Crippen LogP contribution in [0.4, 0.5) is 0 Å². The first-order valence-electron chi connectivity index (χ1n) is 4.38. The van der Waals surface area contributed by atoms with E-state index < -0.39 is 0 Å². The molecule has 90 valence electrons. The van der Waals surface area contributed by atoms with Crippen LogP contribution in [-0.4, -0.2) is 14.5 Å². The molecule has 0 aliphatic rings. The Hall–Kier alpha value is -1.51. The average molecular weight is 287 g/mol. The maximum Gasteiger partial charge on any atom is 0.265 e. The standard InChI is InChI=1S/2C3H3NOS.C3H3NS/c6-3-4-1-2-5-3;6-3-1-2-5-4-3;1-2-4-5-3-1/h2*1-2H,(H,4,6);1-3H. The largest absolute Gasteiger partial charge is 0.438 e. The topological polar surface area (TPSA) is 70.8 Å². The summed E-state index contributed by atoms with van der Waals surface area (Å²) < 4.78 is 13.5. The highest BCUT2D eigenvalue weighted by atomic mass is 32.1. The van der Waals surface area contributed by atoms with Gasteiger partial charge in [0.1, 0.15) is 17.2 Å². The van der Waals surface area contributed by atoms with Crippen LogP contribution in [0.5, 0.6) is 0 Å². The summed E-state index contributed by atoms with van der Waals surface area (Å²) in [6.45, 7) is 0. The number of H-pyrrole nitrogens is 2. The van der Waals surface area contributed by atoms with Crippen molar-refractivity contribution in [3.8, 4) is 0 Å². The third kappa shape index (κ3) is 7.39. The van der Waals surface area contributed by atoms with E-state index in [9.17, 15) is 0 Å². The van der Waals surface area contributed by atoms with Crippen LogP contribution in [0.15, 0.2) is 51.4 Å². The van der Waals surface area contributed by atoms with Crippen LogP contribution < -0.4 is 0 Å². The summed E-state index contributed by atoms with van der Waals surface area (Å²) >= 11 is 10.6. The average Bonchev–Trinajstić information content (AvgIpc) is 2.99. The van der Waals surface area contributed by atoms with Crippen LogP contribution in [0.2, 0.25) is 0 Å². The van der Waals surface area contributed by atoms with Crippen molar-refractivity contribution in [1.82, 2.24) is 14.5 Å². The quantitative estimate of drug-likeness (QED) is 0.615. The zero-order valence-electron chi connectivity index (χ0n) is 8.53. The van der Waals surface area contributed by atoms with E-state index in [-0.39, 0.29) is 0 Å². The number of nitrogens with zero attached hydrogens (tertiary/aromatic N) is 1. The summed E-state index contributed by atoms with van der Waals surface area (Å²) in [6.07, 6.45) is 6.41. The summed E-state index contributed by atoms with van der Waals surface area (Å²) in [5, 5.41) is 4.37. The lowest BCUT2D eigenvalue weighted by Crippen LogP contribution is -1.47. The van der Waals surface area contributed by atoms with E-state index >= 15 is 0 Å². The molecule has 0 bridgehead atoms. The molecule has 0 radical (unpaired) electrons. The highest BCUT2D eigenvalue weighted by Gasteiger charge is 1.68. The van der Waals surface area contributed by atoms with Crippen LogP contribution in [-0.2, 0) is 0 Å². The van der Waals surface area contributed by atoms with Crippen LogP contribution >= 0.6 is 36.0 Å². The second-order valence-corrected chi connectivity index (χ2v) is 3.93. The van der Waals surface area contributed by atoms with Crippen molar-refractivity contribution >= 4 is 36.0 Å². The summed E-state index contributed by atoms with van der Waals surface area (Å²) in [5.41, 5.74) is 0. The number of aromatic nitrogens is 3. The highest BCUT2D eigenvalue weighted by molar-refractivity contribution is 7.71. The first kappa shape index (κ1) is 13.6. The third-order valence-corrected chi connectivity index (χ3v) is 2.19. The van der Waals surface area contributed by atoms with E-state index in [1.165, 1.54) is 24.1 Å². The van der Waals surface area contributed by atoms with Crippen molar-refractivity contribution < 1.29 is 8.94 Å². The first-order chi connectivity index (χ1) is 8.29. The molecule has 0 unspecified atom stereocenters. The second-order valence-electron chi connectivity index (χ2n) is 2.43. The number of nitrogens with one attached hydrogen (secondary N) is 2. The Balaban J connectivity index is 0.000000128. The molecule has 0 aliphatic carbocycles. The van der Waals surface area contributed by atoms with E-state index in [4.69, 9.17) is 0 Å². The molecule has 3 rings (SSSR count). The van der Waals surface area contributed by atoms with Crippen molar-refractivity contribution in [2.45, 2.75) is 0 Å². The molecule has 2 N–H and O–H groups in total. The summed E-state index contributed by atoms with van der Waals surface area (Å²) in [7, 11) is 0. The minimum absolute atomic E-state index is 0.426. The fourth-order valence-electron chi connectivity index (χ4n) is 0.630. The molecular weight excluding hydrogens is 278 g/mol. The van der Waals surface area contributed by atoms with Gasteiger partial charge >= 0.3 is 0 Å². The van der Waals surface area contributed by atoms with Crippen molar-refractivity contribution in [3.05, 3.63) is 51.9 Å². The Morgan fingerprint density at radius 2 is 2.18 bits per heavy atom. The second kappa shape index (κ2) is 8.62. The molecule has 0 fully saturated rings. The first-order valence-corrected chi connectivity index (χ1v) is 6.03. The van der Waals surface area contributed by atoms with E-state index in [2.05, 4.69) is 47.9 Å². The Labute approximate surface area is 111 Å². The molecule has 5 nitrogen and oxygen atoms in total. The van der Waals surface area contributed by atoms with Gasteiger partial charge in [-0.1, -0.05) is 12.2 Å². The molecule has 0 amide bonds. The highest BCUT2D eigenvalue weighted by Crippen LogP contribution is 1.84. The van der Waals surface area contributed by atoms with Gasteiger partial charge in [0.25, 0.3) is 4.84 Å². The Bertz CT molecular complexity index is 488. The molecule has 3 heterocycles.